The zero-order valence-electron chi connectivity index (χ0n) is 15.1. The van der Waals surface area contributed by atoms with Crippen LogP contribution in [-0.4, -0.2) is 29.6 Å². The van der Waals surface area contributed by atoms with E-state index in [1.807, 2.05) is 22.8 Å². The van der Waals surface area contributed by atoms with Crippen molar-refractivity contribution in [2.75, 3.05) is 13.1 Å². The van der Waals surface area contributed by atoms with Gasteiger partial charge in [-0.15, -0.1) is 12.4 Å². The van der Waals surface area contributed by atoms with Crippen LogP contribution in [0, 0.1) is 5.92 Å². The number of benzene rings is 1. The summed E-state index contributed by atoms with van der Waals surface area (Å²) in [5.74, 6) is 0.634. The molecule has 2 N–H and O–H groups in total. The Balaban J connectivity index is 0.00000180. The van der Waals surface area contributed by atoms with Crippen LogP contribution in [0.1, 0.15) is 39.5 Å². The van der Waals surface area contributed by atoms with E-state index in [4.69, 9.17) is 0 Å². The van der Waals surface area contributed by atoms with Crippen molar-refractivity contribution in [3.8, 4) is 0 Å². The Morgan fingerprint density at radius 3 is 2.56 bits per heavy atom. The maximum Gasteiger partial charge on any atom is 0.263 e. The Bertz CT molecular complexity index is 914. The first-order valence-corrected chi connectivity index (χ1v) is 9.51. The molecule has 6 heteroatoms. The second kappa shape index (κ2) is 7.13. The van der Waals surface area contributed by atoms with E-state index in [0.717, 1.165) is 38.0 Å². The molecule has 1 amide bonds. The van der Waals surface area contributed by atoms with Crippen LogP contribution in [0.3, 0.4) is 0 Å². The molecule has 2 aliphatic heterocycles. The Hall–Kier alpha value is -2.11. The highest BCUT2D eigenvalue weighted by atomic mass is 35.5. The minimum atomic E-state index is -0.239. The summed E-state index contributed by atoms with van der Waals surface area (Å²) in [6.07, 6.45) is 2.81. The molecule has 2 atom stereocenters. The van der Waals surface area contributed by atoms with Crippen molar-refractivity contribution in [2.24, 2.45) is 5.92 Å². The summed E-state index contributed by atoms with van der Waals surface area (Å²) in [5, 5.41) is 6.52. The minimum Gasteiger partial charge on any atom is -0.348 e. The Labute approximate surface area is 164 Å². The number of carbonyl (C=O) groups is 1. The lowest BCUT2D eigenvalue weighted by atomic mass is 9.84. The predicted octanol–water partition coefficient (Wildman–Crippen LogP) is 1.87. The molecule has 27 heavy (non-hydrogen) atoms. The van der Waals surface area contributed by atoms with E-state index in [2.05, 4.69) is 22.8 Å². The summed E-state index contributed by atoms with van der Waals surface area (Å²) >= 11 is 0. The Kier molecular flexibility index (Phi) is 4.82. The molecule has 3 aliphatic rings. The van der Waals surface area contributed by atoms with Gasteiger partial charge in [-0.2, -0.15) is 0 Å². The smallest absolute Gasteiger partial charge is 0.263 e. The van der Waals surface area contributed by atoms with Crippen LogP contribution in [0.4, 0.5) is 0 Å². The predicted molar refractivity (Wildman–Crippen MR) is 107 cm³/mol. The standard InChI is InChI=1S/C21H23N3O2.ClH/c25-20(23-17-8-14-3-1-2-4-15(14)9-17)18-5-6-19-16-7-13(10-22-11-16)12-24(19)21(18)26;/h1-6,13,16-17,22H,7-12H2,(H,23,25);1H/t13-,16+;/m0./s1. The summed E-state index contributed by atoms with van der Waals surface area (Å²) < 4.78 is 1.85. The average molecular weight is 386 g/mol. The van der Waals surface area contributed by atoms with Gasteiger partial charge >= 0.3 is 0 Å². The number of nitrogens with zero attached hydrogens (tertiary/aromatic N) is 1. The number of fused-ring (bicyclic) bond motifs is 5. The normalized spacial score (nSPS) is 23.1. The van der Waals surface area contributed by atoms with Crippen LogP contribution in [-0.2, 0) is 19.4 Å². The monoisotopic (exact) mass is 385 g/mol. The number of carbonyl (C=O) groups excluding carboxylic acids is 1. The number of hydrogen-bond donors (Lipinski definition) is 2. The third-order valence-corrected chi connectivity index (χ3v) is 6.14. The van der Waals surface area contributed by atoms with Gasteiger partial charge in [0.05, 0.1) is 0 Å². The van der Waals surface area contributed by atoms with E-state index in [1.54, 1.807) is 6.07 Å². The number of rotatable bonds is 2. The summed E-state index contributed by atoms with van der Waals surface area (Å²) in [5.41, 5.74) is 3.80. The molecule has 1 saturated heterocycles. The van der Waals surface area contributed by atoms with Gasteiger partial charge in [-0.05, 0) is 55.0 Å². The van der Waals surface area contributed by atoms with Crippen molar-refractivity contribution in [1.82, 2.24) is 15.2 Å². The fourth-order valence-electron chi connectivity index (χ4n) is 4.89. The molecule has 3 heterocycles. The minimum absolute atomic E-state index is 0. The first-order valence-electron chi connectivity index (χ1n) is 9.51. The lowest BCUT2D eigenvalue weighted by Crippen LogP contribution is -2.46. The lowest BCUT2D eigenvalue weighted by Gasteiger charge is -2.37. The van der Waals surface area contributed by atoms with Crippen molar-refractivity contribution in [3.05, 3.63) is 69.1 Å². The molecular formula is C21H24ClN3O2. The fourth-order valence-corrected chi connectivity index (χ4v) is 4.89. The molecule has 1 aliphatic carbocycles. The average Bonchev–Trinajstić information content (AvgIpc) is 3.05. The molecule has 5 nitrogen and oxygen atoms in total. The van der Waals surface area contributed by atoms with E-state index in [-0.39, 0.29) is 35.5 Å². The number of piperidine rings is 1. The van der Waals surface area contributed by atoms with Gasteiger partial charge in [0.1, 0.15) is 5.56 Å². The van der Waals surface area contributed by atoms with Crippen LogP contribution in [0.2, 0.25) is 0 Å². The first kappa shape index (κ1) is 18.3. The van der Waals surface area contributed by atoms with Gasteiger partial charge < -0.3 is 15.2 Å². The highest BCUT2D eigenvalue weighted by molar-refractivity contribution is 5.94. The lowest BCUT2D eigenvalue weighted by molar-refractivity contribution is 0.0935. The summed E-state index contributed by atoms with van der Waals surface area (Å²) in [7, 11) is 0. The molecule has 2 bridgehead atoms. The van der Waals surface area contributed by atoms with Gasteiger partial charge in [0, 0.05) is 30.7 Å². The maximum atomic E-state index is 13.0. The van der Waals surface area contributed by atoms with Crippen molar-refractivity contribution in [3.63, 3.8) is 0 Å². The number of nitrogens with one attached hydrogen (secondary N) is 2. The van der Waals surface area contributed by atoms with E-state index >= 15 is 0 Å². The molecule has 1 fully saturated rings. The van der Waals surface area contributed by atoms with Gasteiger partial charge in [0.25, 0.3) is 11.5 Å². The number of amides is 1. The van der Waals surface area contributed by atoms with Crippen LogP contribution in [0.15, 0.2) is 41.2 Å². The molecule has 0 unspecified atom stereocenters. The van der Waals surface area contributed by atoms with Crippen molar-refractivity contribution in [1.29, 1.82) is 0 Å². The van der Waals surface area contributed by atoms with Crippen LogP contribution >= 0.6 is 12.4 Å². The molecule has 5 rings (SSSR count). The molecule has 1 aromatic carbocycles. The van der Waals surface area contributed by atoms with Gasteiger partial charge in [-0.25, -0.2) is 0 Å². The third-order valence-electron chi connectivity index (χ3n) is 6.14. The van der Waals surface area contributed by atoms with Gasteiger partial charge in [0.15, 0.2) is 0 Å². The van der Waals surface area contributed by atoms with E-state index in [9.17, 15) is 9.59 Å². The van der Waals surface area contributed by atoms with E-state index in [0.29, 0.717) is 18.4 Å². The molecule has 2 aromatic rings. The molecule has 142 valence electrons. The number of pyridine rings is 1. The Morgan fingerprint density at radius 2 is 1.81 bits per heavy atom. The molecule has 0 radical (unpaired) electrons. The van der Waals surface area contributed by atoms with E-state index < -0.39 is 0 Å². The first-order chi connectivity index (χ1) is 12.7. The molecule has 1 aromatic heterocycles. The van der Waals surface area contributed by atoms with Crippen molar-refractivity contribution in [2.45, 2.75) is 37.8 Å². The zero-order valence-corrected chi connectivity index (χ0v) is 15.9. The largest absolute Gasteiger partial charge is 0.348 e. The van der Waals surface area contributed by atoms with Gasteiger partial charge in [-0.1, -0.05) is 24.3 Å². The topological polar surface area (TPSA) is 63.1 Å². The zero-order chi connectivity index (χ0) is 17.7. The second-order valence-electron chi connectivity index (χ2n) is 7.89. The summed E-state index contributed by atoms with van der Waals surface area (Å²) in [4.78, 5) is 25.7. The van der Waals surface area contributed by atoms with Crippen LogP contribution < -0.4 is 16.2 Å². The van der Waals surface area contributed by atoms with Gasteiger partial charge in [0.2, 0.25) is 0 Å². The summed E-state index contributed by atoms with van der Waals surface area (Å²) in [6.45, 7) is 2.59. The van der Waals surface area contributed by atoms with Crippen molar-refractivity contribution >= 4 is 18.3 Å². The maximum absolute atomic E-state index is 13.0. The Morgan fingerprint density at radius 1 is 1.07 bits per heavy atom. The highest BCUT2D eigenvalue weighted by Gasteiger charge is 2.32. The molecular weight excluding hydrogens is 362 g/mol. The van der Waals surface area contributed by atoms with Crippen LogP contribution in [0.5, 0.6) is 0 Å². The van der Waals surface area contributed by atoms with Crippen molar-refractivity contribution < 1.29 is 4.79 Å². The third kappa shape index (κ3) is 3.19. The second-order valence-corrected chi connectivity index (χ2v) is 7.89. The highest BCUT2D eigenvalue weighted by Crippen LogP contribution is 2.31. The number of aromatic nitrogens is 1. The quantitative estimate of drug-likeness (QED) is 0.829. The number of hydrogen-bond acceptors (Lipinski definition) is 3. The SMILES string of the molecule is Cl.O=C(NC1Cc2ccccc2C1)c1ccc2n(c1=O)C[C@@H]1CNC[C@H]2C1. The van der Waals surface area contributed by atoms with Gasteiger partial charge in [-0.3, -0.25) is 9.59 Å². The van der Waals surface area contributed by atoms with Crippen LogP contribution in [0.25, 0.3) is 0 Å². The molecule has 0 saturated carbocycles. The fraction of sp³-hybridized carbons (Fsp3) is 0.429. The number of halogens is 1. The molecule has 0 spiro atoms. The van der Waals surface area contributed by atoms with E-state index in [1.165, 1.54) is 11.1 Å². The summed E-state index contributed by atoms with van der Waals surface area (Å²) in [6, 6.07) is 12.1.